The van der Waals surface area contributed by atoms with Crippen LogP contribution in [0.2, 0.25) is 10.0 Å². The number of halogens is 2. The number of benzene rings is 4. The Kier molecular flexibility index (Phi) is 8.63. The summed E-state index contributed by atoms with van der Waals surface area (Å²) < 4.78 is 6.40. The fourth-order valence-corrected chi connectivity index (χ4v) is 9.42. The van der Waals surface area contributed by atoms with E-state index in [-0.39, 0.29) is 28.8 Å². The summed E-state index contributed by atoms with van der Waals surface area (Å²) in [5.74, 6) is -3.63. The highest BCUT2D eigenvalue weighted by molar-refractivity contribution is 8.00. The van der Waals surface area contributed by atoms with E-state index in [1.165, 1.54) is 28.8 Å². The molecule has 4 aromatic carbocycles. The van der Waals surface area contributed by atoms with Crippen LogP contribution in [0.25, 0.3) is 10.8 Å². The number of hydrogen-bond donors (Lipinski definition) is 1. The Labute approximate surface area is 292 Å². The average molecular weight is 719 g/mol. The van der Waals surface area contributed by atoms with Crippen molar-refractivity contribution in [1.82, 2.24) is 4.57 Å². The number of rotatable bonds is 7. The van der Waals surface area contributed by atoms with Crippen molar-refractivity contribution in [2.24, 2.45) is 5.92 Å². The van der Waals surface area contributed by atoms with Crippen LogP contribution in [-0.2, 0) is 25.7 Å². The Bertz CT molecular complexity index is 2190. The van der Waals surface area contributed by atoms with E-state index in [0.717, 1.165) is 38.8 Å². The molecule has 242 valence electrons. The van der Waals surface area contributed by atoms with Gasteiger partial charge in [-0.25, -0.2) is 9.69 Å². The molecule has 1 N–H and O–H groups in total. The van der Waals surface area contributed by atoms with Crippen LogP contribution in [0.3, 0.4) is 0 Å². The van der Waals surface area contributed by atoms with Crippen molar-refractivity contribution in [2.45, 2.75) is 29.7 Å². The summed E-state index contributed by atoms with van der Waals surface area (Å²) in [5.41, 5.74) is 1.67. The van der Waals surface area contributed by atoms with Gasteiger partial charge in [-0.15, -0.1) is 0 Å². The molecule has 48 heavy (non-hydrogen) atoms. The summed E-state index contributed by atoms with van der Waals surface area (Å²) >= 11 is 15.2. The molecule has 1 fully saturated rings. The highest BCUT2D eigenvalue weighted by Gasteiger charge is 2.57. The highest BCUT2D eigenvalue weighted by Crippen LogP contribution is 2.55. The van der Waals surface area contributed by atoms with Crippen LogP contribution < -0.4 is 15.1 Å². The van der Waals surface area contributed by atoms with Gasteiger partial charge in [0, 0.05) is 21.9 Å². The molecule has 0 bridgehead atoms. The second-order valence-electron chi connectivity index (χ2n) is 11.2. The second kappa shape index (κ2) is 12.9. The lowest BCUT2D eigenvalue weighted by Gasteiger charge is -2.31. The van der Waals surface area contributed by atoms with Crippen LogP contribution in [0.1, 0.15) is 33.6 Å². The molecule has 3 atom stereocenters. The number of imide groups is 1. The van der Waals surface area contributed by atoms with Crippen molar-refractivity contribution in [3.8, 4) is 0 Å². The molecule has 9 nitrogen and oxygen atoms in total. The van der Waals surface area contributed by atoms with Crippen LogP contribution in [0, 0.1) is 5.92 Å². The molecule has 3 heterocycles. The van der Waals surface area contributed by atoms with Crippen LogP contribution in [0.15, 0.2) is 94.7 Å². The van der Waals surface area contributed by atoms with Crippen molar-refractivity contribution in [3.63, 3.8) is 0 Å². The van der Waals surface area contributed by atoms with Crippen molar-refractivity contribution in [3.05, 3.63) is 121 Å². The number of carbonyl (C=O) groups is 4. The van der Waals surface area contributed by atoms with E-state index < -0.39 is 45.6 Å². The van der Waals surface area contributed by atoms with Gasteiger partial charge in [-0.3, -0.25) is 23.7 Å². The van der Waals surface area contributed by atoms with Crippen molar-refractivity contribution in [1.29, 1.82) is 0 Å². The molecule has 13 heteroatoms. The molecule has 3 unspecified atom stereocenters. The van der Waals surface area contributed by atoms with Crippen LogP contribution in [-0.4, -0.2) is 40.1 Å². The van der Waals surface area contributed by atoms with E-state index in [4.69, 9.17) is 27.9 Å². The number of nitrogens with one attached hydrogen (secondary N) is 1. The predicted octanol–water partition coefficient (Wildman–Crippen LogP) is 6.98. The number of fused-ring (bicyclic) bond motifs is 3. The van der Waals surface area contributed by atoms with E-state index in [1.54, 1.807) is 31.2 Å². The lowest BCUT2D eigenvalue weighted by Crippen LogP contribution is -2.33. The van der Waals surface area contributed by atoms with Gasteiger partial charge in [0.15, 0.2) is 0 Å². The zero-order valence-electron chi connectivity index (χ0n) is 25.1. The molecule has 0 aliphatic carbocycles. The maximum Gasteiger partial charge on any atom is 0.338 e. The Morgan fingerprint density at radius 1 is 0.896 bits per heavy atom. The van der Waals surface area contributed by atoms with Crippen LogP contribution in [0.5, 0.6) is 0 Å². The average Bonchev–Trinajstić information content (AvgIpc) is 3.52. The number of aromatic nitrogens is 1. The largest absolute Gasteiger partial charge is 0.462 e. The Hall–Kier alpha value is -4.42. The van der Waals surface area contributed by atoms with Crippen LogP contribution in [0.4, 0.5) is 11.4 Å². The molecule has 1 saturated heterocycles. The van der Waals surface area contributed by atoms with Gasteiger partial charge in [-0.05, 0) is 54.3 Å². The van der Waals surface area contributed by atoms with Gasteiger partial charge < -0.3 is 10.1 Å². The van der Waals surface area contributed by atoms with E-state index in [1.807, 2.05) is 36.4 Å². The SMILES string of the molecule is CCOC(=O)c1ccc(N2C(=O)C3Sc4c(sc(=O)n4CC(=O)Nc4cccc5ccccc45)C(c4cccc(Cl)c4Cl)C3C2=O)cc1. The van der Waals surface area contributed by atoms with Gasteiger partial charge in [0.2, 0.25) is 17.7 Å². The van der Waals surface area contributed by atoms with E-state index in [2.05, 4.69) is 5.32 Å². The number of ether oxygens (including phenoxy) is 1. The molecule has 7 rings (SSSR count). The maximum atomic E-state index is 14.2. The number of amides is 3. The third kappa shape index (κ3) is 5.50. The Morgan fingerprint density at radius 2 is 1.62 bits per heavy atom. The fourth-order valence-electron chi connectivity index (χ4n) is 6.23. The highest BCUT2D eigenvalue weighted by atomic mass is 35.5. The molecule has 0 spiro atoms. The molecule has 0 radical (unpaired) electrons. The lowest BCUT2D eigenvalue weighted by atomic mass is 9.83. The zero-order valence-corrected chi connectivity index (χ0v) is 28.3. The van der Waals surface area contributed by atoms with Crippen LogP contribution >= 0.6 is 46.3 Å². The molecule has 0 saturated carbocycles. The summed E-state index contributed by atoms with van der Waals surface area (Å²) in [6, 6.07) is 24.3. The molecular formula is C35H25Cl2N3O6S2. The van der Waals surface area contributed by atoms with Gasteiger partial charge in [0.05, 0.1) is 38.8 Å². The molecular weight excluding hydrogens is 693 g/mol. The van der Waals surface area contributed by atoms with E-state index in [0.29, 0.717) is 26.8 Å². The number of thioether (sulfide) groups is 1. The summed E-state index contributed by atoms with van der Waals surface area (Å²) in [5, 5.41) is 4.68. The third-order valence-electron chi connectivity index (χ3n) is 8.37. The Balaban J connectivity index is 1.27. The first kappa shape index (κ1) is 32.1. The minimum absolute atomic E-state index is 0.206. The van der Waals surface area contributed by atoms with Crippen molar-refractivity contribution < 1.29 is 23.9 Å². The second-order valence-corrected chi connectivity index (χ2v) is 14.1. The van der Waals surface area contributed by atoms with Gasteiger partial charge in [0.1, 0.15) is 11.8 Å². The number of nitrogens with zero attached hydrogens (tertiary/aromatic N) is 2. The molecule has 2 aliphatic heterocycles. The number of esters is 1. The minimum Gasteiger partial charge on any atom is -0.462 e. The summed E-state index contributed by atoms with van der Waals surface area (Å²) in [7, 11) is 0. The number of anilines is 2. The van der Waals surface area contributed by atoms with Gasteiger partial charge in [-0.2, -0.15) is 0 Å². The first-order chi connectivity index (χ1) is 23.2. The Morgan fingerprint density at radius 3 is 2.40 bits per heavy atom. The third-order valence-corrected chi connectivity index (χ3v) is 11.8. The van der Waals surface area contributed by atoms with E-state index >= 15 is 0 Å². The van der Waals surface area contributed by atoms with Gasteiger partial charge in [-0.1, -0.05) is 94.8 Å². The molecule has 5 aromatic rings. The first-order valence-corrected chi connectivity index (χ1v) is 17.4. The van der Waals surface area contributed by atoms with Gasteiger partial charge >= 0.3 is 10.8 Å². The predicted molar refractivity (Wildman–Crippen MR) is 187 cm³/mol. The normalized spacial score (nSPS) is 18.5. The molecule has 1 aromatic heterocycles. The van der Waals surface area contributed by atoms with Crippen molar-refractivity contribution in [2.75, 3.05) is 16.8 Å². The maximum absolute atomic E-state index is 14.2. The monoisotopic (exact) mass is 717 g/mol. The first-order valence-electron chi connectivity index (χ1n) is 14.9. The van der Waals surface area contributed by atoms with Crippen molar-refractivity contribution >= 4 is 92.1 Å². The zero-order chi connectivity index (χ0) is 33.7. The topological polar surface area (TPSA) is 115 Å². The summed E-state index contributed by atoms with van der Waals surface area (Å²) in [6.07, 6.45) is 0. The minimum atomic E-state index is -0.934. The lowest BCUT2D eigenvalue weighted by molar-refractivity contribution is -0.122. The smallest absolute Gasteiger partial charge is 0.338 e. The summed E-state index contributed by atoms with van der Waals surface area (Å²) in [6.45, 7) is 1.60. The quantitative estimate of drug-likeness (QED) is 0.143. The number of carbonyl (C=O) groups excluding carboxylic acids is 4. The summed E-state index contributed by atoms with van der Waals surface area (Å²) in [4.78, 5) is 68.7. The molecule has 3 amide bonds. The van der Waals surface area contributed by atoms with E-state index in [9.17, 15) is 24.0 Å². The van der Waals surface area contributed by atoms with Gasteiger partial charge in [0.25, 0.3) is 0 Å². The fraction of sp³-hybridized carbons (Fsp3) is 0.171. The number of thiazole rings is 1. The number of hydrogen-bond acceptors (Lipinski definition) is 8. The molecule has 2 aliphatic rings. The standard InChI is InChI=1S/C35H25Cl2N3O6S2/c1-2-46-34(44)19-13-15-20(16-14-19)40-31(42)27-26(22-10-6-11-23(36)28(22)37)30-33(47-29(27)32(40)43)39(35(45)48-30)17-25(41)38-24-12-5-8-18-7-3-4-9-21(18)24/h3-16,26-27,29H,2,17H2,1H3,(H,38,41).